The lowest BCUT2D eigenvalue weighted by atomic mass is 10.2. The zero-order valence-corrected chi connectivity index (χ0v) is 18.6. The molecule has 0 saturated heterocycles. The summed E-state index contributed by atoms with van der Waals surface area (Å²) in [5, 5.41) is 1.46. The number of thioether (sulfide) groups is 1. The third-order valence-corrected chi connectivity index (χ3v) is 7.00. The Morgan fingerprint density at radius 2 is 1.90 bits per heavy atom. The van der Waals surface area contributed by atoms with E-state index in [4.69, 9.17) is 9.72 Å². The number of nitrogens with zero attached hydrogens (tertiary/aromatic N) is 3. The van der Waals surface area contributed by atoms with Gasteiger partial charge in [0.25, 0.3) is 5.56 Å². The van der Waals surface area contributed by atoms with E-state index in [9.17, 15) is 4.79 Å². The van der Waals surface area contributed by atoms with Crippen molar-refractivity contribution < 1.29 is 4.74 Å². The van der Waals surface area contributed by atoms with E-state index in [1.165, 1.54) is 0 Å². The summed E-state index contributed by atoms with van der Waals surface area (Å²) in [7, 11) is 0. The summed E-state index contributed by atoms with van der Waals surface area (Å²) in [6.45, 7) is 5.08. The maximum Gasteiger partial charge on any atom is 0.263 e. The van der Waals surface area contributed by atoms with Crippen molar-refractivity contribution in [2.45, 2.75) is 32.0 Å². The summed E-state index contributed by atoms with van der Waals surface area (Å²) in [6.07, 6.45) is 2.61. The molecule has 0 unspecified atom stereocenters. The van der Waals surface area contributed by atoms with Gasteiger partial charge in [-0.25, -0.2) is 4.98 Å². The summed E-state index contributed by atoms with van der Waals surface area (Å²) >= 11 is 3.18. The molecule has 1 aromatic carbocycles. The number of pyridine rings is 1. The minimum absolute atomic E-state index is 0.00976. The molecule has 0 radical (unpaired) electrons. The summed E-state index contributed by atoms with van der Waals surface area (Å²) < 4.78 is 7.53. The predicted molar refractivity (Wildman–Crippen MR) is 124 cm³/mol. The van der Waals surface area contributed by atoms with E-state index in [2.05, 4.69) is 4.98 Å². The molecule has 0 aliphatic rings. The van der Waals surface area contributed by atoms with Crippen molar-refractivity contribution in [3.05, 3.63) is 81.2 Å². The molecule has 0 fully saturated rings. The van der Waals surface area contributed by atoms with E-state index in [1.54, 1.807) is 33.9 Å². The summed E-state index contributed by atoms with van der Waals surface area (Å²) in [4.78, 5) is 24.5. The van der Waals surface area contributed by atoms with Crippen molar-refractivity contribution >= 4 is 33.3 Å². The van der Waals surface area contributed by atoms with Crippen LogP contribution in [0, 0.1) is 13.8 Å². The minimum Gasteiger partial charge on any atom is -0.494 e. The van der Waals surface area contributed by atoms with Crippen LogP contribution in [0.2, 0.25) is 0 Å². The van der Waals surface area contributed by atoms with E-state index < -0.39 is 0 Å². The van der Waals surface area contributed by atoms with Gasteiger partial charge in [0.2, 0.25) is 0 Å². The molecule has 30 heavy (non-hydrogen) atoms. The topological polar surface area (TPSA) is 57.0 Å². The fourth-order valence-electron chi connectivity index (χ4n) is 3.14. The monoisotopic (exact) mass is 437 g/mol. The molecule has 0 aliphatic heterocycles. The van der Waals surface area contributed by atoms with Gasteiger partial charge in [0.15, 0.2) is 5.16 Å². The molecule has 7 heteroatoms. The third kappa shape index (κ3) is 4.57. The first kappa shape index (κ1) is 20.6. The van der Waals surface area contributed by atoms with Crippen LogP contribution in [0.5, 0.6) is 5.75 Å². The second kappa shape index (κ2) is 9.45. The van der Waals surface area contributed by atoms with Crippen molar-refractivity contribution in [2.75, 3.05) is 12.4 Å². The van der Waals surface area contributed by atoms with E-state index in [0.29, 0.717) is 13.2 Å². The van der Waals surface area contributed by atoms with Gasteiger partial charge in [0.05, 0.1) is 24.2 Å². The Balaban J connectivity index is 1.54. The largest absolute Gasteiger partial charge is 0.494 e. The Morgan fingerprint density at radius 3 is 2.67 bits per heavy atom. The second-order valence-corrected chi connectivity index (χ2v) is 9.20. The van der Waals surface area contributed by atoms with Crippen LogP contribution in [0.3, 0.4) is 0 Å². The van der Waals surface area contributed by atoms with E-state index >= 15 is 0 Å². The van der Waals surface area contributed by atoms with Crippen LogP contribution < -0.4 is 10.3 Å². The number of hydrogen-bond acceptors (Lipinski definition) is 6. The van der Waals surface area contributed by atoms with Crippen LogP contribution >= 0.6 is 23.1 Å². The van der Waals surface area contributed by atoms with Crippen molar-refractivity contribution in [2.24, 2.45) is 0 Å². The SMILES string of the molecule is Cc1sc2nc(SCCCOc3ccccc3)n(Cc3ccccn3)c(=O)c2c1C. The molecule has 5 nitrogen and oxygen atoms in total. The van der Waals surface area contributed by atoms with Crippen LogP contribution in [0.1, 0.15) is 22.6 Å². The van der Waals surface area contributed by atoms with Gasteiger partial charge < -0.3 is 4.74 Å². The summed E-state index contributed by atoms with van der Waals surface area (Å²) in [5.74, 6) is 1.69. The number of hydrogen-bond donors (Lipinski definition) is 0. The Labute approximate surface area is 183 Å². The van der Waals surface area contributed by atoms with Gasteiger partial charge in [-0.05, 0) is 50.1 Å². The zero-order chi connectivity index (χ0) is 20.9. The number of ether oxygens (including phenoxy) is 1. The highest BCUT2D eigenvalue weighted by atomic mass is 32.2. The fraction of sp³-hybridized carbons (Fsp3) is 0.261. The molecule has 0 amide bonds. The van der Waals surface area contributed by atoms with Gasteiger partial charge in [-0.1, -0.05) is 36.0 Å². The van der Waals surface area contributed by atoms with Crippen molar-refractivity contribution in [3.8, 4) is 5.75 Å². The molecular formula is C23H23N3O2S2. The van der Waals surface area contributed by atoms with Crippen LogP contribution in [-0.2, 0) is 6.54 Å². The lowest BCUT2D eigenvalue weighted by molar-refractivity contribution is 0.318. The number of para-hydroxylation sites is 1. The maximum absolute atomic E-state index is 13.3. The number of rotatable bonds is 8. The number of thiophene rings is 1. The molecule has 3 heterocycles. The van der Waals surface area contributed by atoms with Gasteiger partial charge in [0, 0.05) is 16.8 Å². The standard InChI is InChI=1S/C23H23N3O2S2/c1-16-17(2)30-21-20(16)22(27)26(15-18-9-6-7-12-24-18)23(25-21)29-14-8-13-28-19-10-4-3-5-11-19/h3-7,9-12H,8,13-15H2,1-2H3. The van der Waals surface area contributed by atoms with Crippen LogP contribution in [0.15, 0.2) is 64.7 Å². The Hall–Kier alpha value is -2.64. The van der Waals surface area contributed by atoms with Gasteiger partial charge in [-0.3, -0.25) is 14.3 Å². The molecule has 154 valence electrons. The zero-order valence-electron chi connectivity index (χ0n) is 17.0. The smallest absolute Gasteiger partial charge is 0.263 e. The molecule has 0 spiro atoms. The van der Waals surface area contributed by atoms with Crippen LogP contribution in [0.4, 0.5) is 0 Å². The quantitative estimate of drug-likeness (QED) is 0.219. The number of benzene rings is 1. The highest BCUT2D eigenvalue weighted by molar-refractivity contribution is 7.99. The molecule has 3 aromatic heterocycles. The first-order chi connectivity index (χ1) is 14.6. The Morgan fingerprint density at radius 1 is 1.10 bits per heavy atom. The molecule has 0 bridgehead atoms. The van der Waals surface area contributed by atoms with Crippen LogP contribution in [0.25, 0.3) is 10.2 Å². The number of aryl methyl sites for hydroxylation is 2. The van der Waals surface area contributed by atoms with E-state index in [1.807, 2.05) is 62.4 Å². The predicted octanol–water partition coefficient (Wildman–Crippen LogP) is 5.08. The van der Waals surface area contributed by atoms with Gasteiger partial charge in [-0.2, -0.15) is 0 Å². The normalized spacial score (nSPS) is 11.1. The van der Waals surface area contributed by atoms with Gasteiger partial charge in [-0.15, -0.1) is 11.3 Å². The first-order valence-corrected chi connectivity index (χ1v) is 11.6. The van der Waals surface area contributed by atoms with E-state index in [-0.39, 0.29) is 5.56 Å². The number of fused-ring (bicyclic) bond motifs is 1. The molecule has 4 aromatic rings. The molecule has 0 N–H and O–H groups in total. The molecule has 0 aliphatic carbocycles. The average molecular weight is 438 g/mol. The lowest BCUT2D eigenvalue weighted by Gasteiger charge is -2.12. The lowest BCUT2D eigenvalue weighted by Crippen LogP contribution is -2.24. The summed E-state index contributed by atoms with van der Waals surface area (Å²) in [5.41, 5.74) is 1.88. The minimum atomic E-state index is 0.00976. The van der Waals surface area contributed by atoms with Crippen molar-refractivity contribution in [1.29, 1.82) is 0 Å². The van der Waals surface area contributed by atoms with Crippen molar-refractivity contribution in [1.82, 2.24) is 14.5 Å². The molecule has 0 atom stereocenters. The molecule has 4 rings (SSSR count). The fourth-order valence-corrected chi connectivity index (χ4v) is 5.12. The Kier molecular flexibility index (Phi) is 6.50. The average Bonchev–Trinajstić information content (AvgIpc) is 3.05. The summed E-state index contributed by atoms with van der Waals surface area (Å²) in [6, 6.07) is 15.6. The maximum atomic E-state index is 13.3. The van der Waals surface area contributed by atoms with Gasteiger partial charge in [0.1, 0.15) is 10.6 Å². The van der Waals surface area contributed by atoms with Crippen LogP contribution in [-0.4, -0.2) is 26.9 Å². The highest BCUT2D eigenvalue weighted by Gasteiger charge is 2.17. The Bertz CT molecular complexity index is 1190. The number of aromatic nitrogens is 3. The molecule has 0 saturated carbocycles. The van der Waals surface area contributed by atoms with E-state index in [0.717, 1.165) is 49.4 Å². The molecular weight excluding hydrogens is 414 g/mol. The van der Waals surface area contributed by atoms with Crippen molar-refractivity contribution in [3.63, 3.8) is 0 Å². The van der Waals surface area contributed by atoms with Gasteiger partial charge >= 0.3 is 0 Å². The second-order valence-electron chi connectivity index (χ2n) is 6.93. The highest BCUT2D eigenvalue weighted by Crippen LogP contribution is 2.28. The third-order valence-electron chi connectivity index (χ3n) is 4.83. The first-order valence-electron chi connectivity index (χ1n) is 9.84.